The number of likely N-dealkylation sites (tertiary alicyclic amines) is 1. The normalized spacial score (nSPS) is 26.4. The number of amidine groups is 1. The maximum atomic E-state index is 12.5. The molecule has 3 rings (SSSR count). The highest BCUT2D eigenvalue weighted by molar-refractivity contribution is 9.10. The van der Waals surface area contributed by atoms with Crippen molar-refractivity contribution in [3.05, 3.63) is 34.3 Å². The third-order valence-electron chi connectivity index (χ3n) is 4.26. The fourth-order valence-electron chi connectivity index (χ4n) is 3.14. The van der Waals surface area contributed by atoms with Crippen LogP contribution < -0.4 is 5.32 Å². The minimum absolute atomic E-state index is 0.0846. The molecule has 25 heavy (non-hydrogen) atoms. The Morgan fingerprint density at radius 3 is 2.68 bits per heavy atom. The molecule has 1 aromatic rings. The van der Waals surface area contributed by atoms with E-state index in [4.69, 9.17) is 4.74 Å². The van der Waals surface area contributed by atoms with Crippen molar-refractivity contribution in [3.63, 3.8) is 0 Å². The minimum atomic E-state index is -0.569. The molecule has 2 N–H and O–H groups in total. The molecule has 1 unspecified atom stereocenters. The first-order valence-electron chi connectivity index (χ1n) is 8.47. The van der Waals surface area contributed by atoms with Gasteiger partial charge in [-0.25, -0.2) is 4.79 Å². The molecule has 0 aromatic heterocycles. The van der Waals surface area contributed by atoms with Gasteiger partial charge in [0.1, 0.15) is 11.4 Å². The van der Waals surface area contributed by atoms with Crippen LogP contribution >= 0.6 is 15.9 Å². The van der Waals surface area contributed by atoms with E-state index in [1.165, 1.54) is 0 Å². The summed E-state index contributed by atoms with van der Waals surface area (Å²) in [6, 6.07) is 7.92. The predicted molar refractivity (Wildman–Crippen MR) is 99.7 cm³/mol. The molecule has 0 aliphatic carbocycles. The van der Waals surface area contributed by atoms with Crippen LogP contribution in [-0.4, -0.2) is 52.8 Å². The zero-order valence-electron chi connectivity index (χ0n) is 14.7. The number of aliphatic hydroxyl groups is 1. The van der Waals surface area contributed by atoms with Gasteiger partial charge in [0.05, 0.1) is 31.3 Å². The van der Waals surface area contributed by atoms with Crippen LogP contribution in [-0.2, 0) is 4.74 Å². The number of carbonyl (C=O) groups excluding carboxylic acids is 1. The number of hydrogen-bond donors (Lipinski definition) is 2. The molecule has 0 bridgehead atoms. The zero-order valence-corrected chi connectivity index (χ0v) is 16.3. The summed E-state index contributed by atoms with van der Waals surface area (Å²) in [5.41, 5.74) is 0.573. The van der Waals surface area contributed by atoms with Gasteiger partial charge >= 0.3 is 6.09 Å². The molecule has 1 amide bonds. The van der Waals surface area contributed by atoms with Gasteiger partial charge in [0.25, 0.3) is 0 Å². The van der Waals surface area contributed by atoms with Crippen molar-refractivity contribution in [1.29, 1.82) is 0 Å². The van der Waals surface area contributed by atoms with Crippen molar-refractivity contribution >= 4 is 27.9 Å². The second kappa shape index (κ2) is 6.96. The molecule has 2 aliphatic heterocycles. The Kier molecular flexibility index (Phi) is 5.06. The molecule has 6 nitrogen and oxygen atoms in total. The van der Waals surface area contributed by atoms with Crippen LogP contribution in [0.2, 0.25) is 0 Å². The van der Waals surface area contributed by atoms with E-state index in [9.17, 15) is 9.90 Å². The monoisotopic (exact) mass is 409 g/mol. The molecular formula is C18H24BrN3O3. The lowest BCUT2D eigenvalue weighted by Gasteiger charge is -2.28. The lowest BCUT2D eigenvalue weighted by molar-refractivity contribution is 0.0242. The van der Waals surface area contributed by atoms with Crippen molar-refractivity contribution in [2.45, 2.75) is 51.0 Å². The number of hydrogen-bond acceptors (Lipinski definition) is 5. The van der Waals surface area contributed by atoms with E-state index >= 15 is 0 Å². The summed E-state index contributed by atoms with van der Waals surface area (Å²) in [5.74, 6) is 0.746. The molecule has 7 heteroatoms. The van der Waals surface area contributed by atoms with Crippen LogP contribution in [0.15, 0.2) is 33.7 Å². The van der Waals surface area contributed by atoms with Gasteiger partial charge in [0.15, 0.2) is 0 Å². The summed E-state index contributed by atoms with van der Waals surface area (Å²) >= 11 is 3.44. The van der Waals surface area contributed by atoms with Crippen molar-refractivity contribution in [2.75, 3.05) is 13.1 Å². The first-order chi connectivity index (χ1) is 11.7. The first kappa shape index (κ1) is 18.2. The quantitative estimate of drug-likeness (QED) is 0.787. The molecule has 2 aliphatic rings. The fourth-order valence-corrected chi connectivity index (χ4v) is 3.40. The van der Waals surface area contributed by atoms with Crippen LogP contribution in [0.1, 0.15) is 38.8 Å². The number of benzene rings is 1. The van der Waals surface area contributed by atoms with Crippen molar-refractivity contribution in [3.8, 4) is 0 Å². The van der Waals surface area contributed by atoms with Crippen LogP contribution in [0.5, 0.6) is 0 Å². The second-order valence-electron chi connectivity index (χ2n) is 7.51. The zero-order chi connectivity index (χ0) is 18.2. The average molecular weight is 410 g/mol. The highest BCUT2D eigenvalue weighted by atomic mass is 79.9. The Morgan fingerprint density at radius 1 is 1.36 bits per heavy atom. The van der Waals surface area contributed by atoms with E-state index < -0.39 is 17.8 Å². The standard InChI is InChI=1S/C18H24BrN3O3/c1-18(2,3)25-17(24)22-10-13(23)8-15(22)16-20-9-14(21-16)11-4-6-12(19)7-5-11/h4-7,13-15,23H,8-10H2,1-3H3,(H,20,21)/t13-,14?,15+/m1/s1. The number of halogens is 1. The summed E-state index contributed by atoms with van der Waals surface area (Å²) in [5, 5.41) is 13.5. The number of aliphatic imine (C=N–C) groups is 1. The van der Waals surface area contributed by atoms with Gasteiger partial charge in [-0.15, -0.1) is 0 Å². The van der Waals surface area contributed by atoms with E-state index in [2.05, 4.69) is 38.4 Å². The molecule has 3 atom stereocenters. The fraction of sp³-hybridized carbons (Fsp3) is 0.556. The number of carbonyl (C=O) groups is 1. The Balaban J connectivity index is 1.69. The van der Waals surface area contributed by atoms with E-state index in [0.717, 1.165) is 15.9 Å². The summed E-state index contributed by atoms with van der Waals surface area (Å²) in [4.78, 5) is 18.6. The van der Waals surface area contributed by atoms with Crippen molar-refractivity contribution in [1.82, 2.24) is 10.2 Å². The van der Waals surface area contributed by atoms with Gasteiger partial charge < -0.3 is 15.2 Å². The summed E-state index contributed by atoms with van der Waals surface area (Å²) < 4.78 is 6.51. The molecule has 0 spiro atoms. The highest BCUT2D eigenvalue weighted by Crippen LogP contribution is 2.26. The molecule has 136 valence electrons. The number of ether oxygens (including phenoxy) is 1. The van der Waals surface area contributed by atoms with Crippen LogP contribution in [0.25, 0.3) is 0 Å². The Labute approximate surface area is 156 Å². The maximum absolute atomic E-state index is 12.5. The molecule has 2 heterocycles. The number of nitrogens with one attached hydrogen (secondary N) is 1. The SMILES string of the molecule is CC(C)(C)OC(=O)N1C[C@H](O)C[C@H]1C1=NCC(c2ccc(Br)cc2)N1. The Hall–Kier alpha value is -1.60. The molecular weight excluding hydrogens is 386 g/mol. The number of aliphatic hydroxyl groups excluding tert-OH is 1. The van der Waals surface area contributed by atoms with E-state index in [1.807, 2.05) is 32.9 Å². The smallest absolute Gasteiger partial charge is 0.411 e. The van der Waals surface area contributed by atoms with Crippen LogP contribution in [0, 0.1) is 0 Å². The van der Waals surface area contributed by atoms with Crippen LogP contribution in [0.4, 0.5) is 4.79 Å². The number of β-amino-alcohol motifs (C(OH)–C–C–N with tert-alkyl or cyclic N) is 1. The van der Waals surface area contributed by atoms with Gasteiger partial charge in [-0.2, -0.15) is 0 Å². The van der Waals surface area contributed by atoms with Crippen molar-refractivity contribution < 1.29 is 14.6 Å². The number of nitrogens with zero attached hydrogens (tertiary/aromatic N) is 2. The Morgan fingerprint density at radius 2 is 2.04 bits per heavy atom. The van der Waals surface area contributed by atoms with E-state index in [0.29, 0.717) is 13.0 Å². The molecule has 1 saturated heterocycles. The van der Waals surface area contributed by atoms with Gasteiger partial charge in [0, 0.05) is 10.9 Å². The summed E-state index contributed by atoms with van der Waals surface area (Å²) in [7, 11) is 0. The predicted octanol–water partition coefficient (Wildman–Crippen LogP) is 2.86. The average Bonchev–Trinajstić information content (AvgIpc) is 3.12. The van der Waals surface area contributed by atoms with E-state index in [-0.39, 0.29) is 18.6 Å². The topological polar surface area (TPSA) is 74.2 Å². The van der Waals surface area contributed by atoms with Gasteiger partial charge in [0.2, 0.25) is 0 Å². The molecule has 1 fully saturated rings. The third-order valence-corrected chi connectivity index (χ3v) is 4.79. The lowest BCUT2D eigenvalue weighted by Crippen LogP contribution is -2.46. The van der Waals surface area contributed by atoms with Gasteiger partial charge in [-0.3, -0.25) is 9.89 Å². The number of amides is 1. The summed E-state index contributed by atoms with van der Waals surface area (Å²) in [6.07, 6.45) is -0.502. The van der Waals surface area contributed by atoms with Crippen molar-refractivity contribution in [2.24, 2.45) is 4.99 Å². The Bertz CT molecular complexity index is 669. The largest absolute Gasteiger partial charge is 0.444 e. The summed E-state index contributed by atoms with van der Waals surface area (Å²) in [6.45, 7) is 6.39. The molecule has 0 radical (unpaired) electrons. The van der Waals surface area contributed by atoms with Gasteiger partial charge in [-0.1, -0.05) is 28.1 Å². The molecule has 1 aromatic carbocycles. The first-order valence-corrected chi connectivity index (χ1v) is 9.26. The number of rotatable bonds is 2. The van der Waals surface area contributed by atoms with Gasteiger partial charge in [-0.05, 0) is 38.5 Å². The maximum Gasteiger partial charge on any atom is 0.411 e. The lowest BCUT2D eigenvalue weighted by atomic mass is 10.1. The minimum Gasteiger partial charge on any atom is -0.444 e. The molecule has 0 saturated carbocycles. The second-order valence-corrected chi connectivity index (χ2v) is 8.43. The van der Waals surface area contributed by atoms with E-state index in [1.54, 1.807) is 4.90 Å². The third kappa shape index (κ3) is 4.33. The highest BCUT2D eigenvalue weighted by Gasteiger charge is 2.41. The van der Waals surface area contributed by atoms with Crippen LogP contribution in [0.3, 0.4) is 0 Å².